The van der Waals surface area contributed by atoms with Gasteiger partial charge in [-0.2, -0.15) is 0 Å². The Morgan fingerprint density at radius 2 is 2.05 bits per heavy atom. The first kappa shape index (κ1) is 14.9. The molecule has 6 nitrogen and oxygen atoms in total. The van der Waals surface area contributed by atoms with Crippen LogP contribution in [0.4, 0.5) is 5.69 Å². The van der Waals surface area contributed by atoms with Gasteiger partial charge in [0, 0.05) is 23.4 Å². The lowest BCUT2D eigenvalue weighted by Crippen LogP contribution is -2.48. The van der Waals surface area contributed by atoms with E-state index >= 15 is 0 Å². The SMILES string of the molecule is C[C@@]12CCC(=O)N1[C@@H](C(=O)Nc1ccc(C(N)=O)cc1)CS2. The highest BCUT2D eigenvalue weighted by Gasteiger charge is 2.52. The van der Waals surface area contributed by atoms with E-state index in [-0.39, 0.29) is 16.7 Å². The van der Waals surface area contributed by atoms with Gasteiger partial charge in [0.15, 0.2) is 0 Å². The molecule has 3 rings (SSSR count). The van der Waals surface area contributed by atoms with Crippen molar-refractivity contribution in [1.29, 1.82) is 0 Å². The van der Waals surface area contributed by atoms with Crippen molar-refractivity contribution in [2.75, 3.05) is 11.1 Å². The summed E-state index contributed by atoms with van der Waals surface area (Å²) in [6.45, 7) is 2.01. The summed E-state index contributed by atoms with van der Waals surface area (Å²) in [5, 5.41) is 2.80. The summed E-state index contributed by atoms with van der Waals surface area (Å²) in [4.78, 5) is 37.0. The van der Waals surface area contributed by atoms with Crippen molar-refractivity contribution < 1.29 is 14.4 Å². The number of hydrogen-bond donors (Lipinski definition) is 2. The fourth-order valence-electron chi connectivity index (χ4n) is 2.96. The van der Waals surface area contributed by atoms with Crippen molar-refractivity contribution in [3.05, 3.63) is 29.8 Å². The molecule has 0 unspecified atom stereocenters. The van der Waals surface area contributed by atoms with E-state index in [4.69, 9.17) is 5.73 Å². The third-order valence-electron chi connectivity index (χ3n) is 4.18. The highest BCUT2D eigenvalue weighted by atomic mass is 32.2. The van der Waals surface area contributed by atoms with E-state index in [1.807, 2.05) is 6.92 Å². The van der Waals surface area contributed by atoms with E-state index in [2.05, 4.69) is 5.32 Å². The number of nitrogens with one attached hydrogen (secondary N) is 1. The second kappa shape index (κ2) is 5.31. The van der Waals surface area contributed by atoms with Gasteiger partial charge in [0.1, 0.15) is 6.04 Å². The summed E-state index contributed by atoms with van der Waals surface area (Å²) in [6, 6.07) is 5.94. The second-order valence-corrected chi connectivity index (χ2v) is 7.20. The molecule has 2 aliphatic heterocycles. The first-order chi connectivity index (χ1) is 10.4. The largest absolute Gasteiger partial charge is 0.366 e. The Bertz CT molecular complexity index is 646. The number of rotatable bonds is 3. The summed E-state index contributed by atoms with van der Waals surface area (Å²) < 4.78 is 0. The van der Waals surface area contributed by atoms with Crippen molar-refractivity contribution in [1.82, 2.24) is 4.90 Å². The summed E-state index contributed by atoms with van der Waals surface area (Å²) in [5.74, 6) is -0.0634. The maximum atomic E-state index is 12.5. The number of benzene rings is 1. The van der Waals surface area contributed by atoms with E-state index in [9.17, 15) is 14.4 Å². The second-order valence-electron chi connectivity index (χ2n) is 5.70. The van der Waals surface area contributed by atoms with Gasteiger partial charge < -0.3 is 16.0 Å². The highest BCUT2D eigenvalue weighted by Crippen LogP contribution is 2.47. The average Bonchev–Trinajstić information content (AvgIpc) is 2.97. The molecular weight excluding hydrogens is 302 g/mol. The molecule has 0 aliphatic carbocycles. The van der Waals surface area contributed by atoms with E-state index in [1.165, 1.54) is 0 Å². The van der Waals surface area contributed by atoms with Crippen molar-refractivity contribution in [3.8, 4) is 0 Å². The molecule has 0 aromatic heterocycles. The summed E-state index contributed by atoms with van der Waals surface area (Å²) in [7, 11) is 0. The average molecular weight is 319 g/mol. The Morgan fingerprint density at radius 1 is 1.36 bits per heavy atom. The van der Waals surface area contributed by atoms with Gasteiger partial charge in [-0.05, 0) is 37.6 Å². The molecule has 0 spiro atoms. The predicted octanol–water partition coefficient (Wildman–Crippen LogP) is 1.18. The number of anilines is 1. The minimum Gasteiger partial charge on any atom is -0.366 e. The van der Waals surface area contributed by atoms with Crippen LogP contribution in [0.1, 0.15) is 30.1 Å². The van der Waals surface area contributed by atoms with Crippen molar-refractivity contribution in [2.45, 2.75) is 30.7 Å². The molecule has 2 atom stereocenters. The Labute approximate surface area is 132 Å². The third kappa shape index (κ3) is 2.45. The molecule has 2 fully saturated rings. The monoisotopic (exact) mass is 319 g/mol. The zero-order chi connectivity index (χ0) is 15.9. The summed E-state index contributed by atoms with van der Waals surface area (Å²) in [6.07, 6.45) is 1.29. The number of nitrogens with two attached hydrogens (primary N) is 1. The standard InChI is InChI=1S/C15H17N3O3S/c1-15-7-6-12(19)18(15)11(8-22-15)14(21)17-10-4-2-9(3-5-10)13(16)20/h2-5,11H,6-8H2,1H3,(H2,16,20)(H,17,21)/t11-,15-/m1/s1. The maximum absolute atomic E-state index is 12.5. The number of primary amides is 1. The van der Waals surface area contributed by atoms with E-state index in [1.54, 1.807) is 40.9 Å². The first-order valence-electron chi connectivity index (χ1n) is 7.07. The fourth-order valence-corrected chi connectivity index (χ4v) is 4.39. The summed E-state index contributed by atoms with van der Waals surface area (Å²) >= 11 is 1.66. The van der Waals surface area contributed by atoms with Crippen LogP contribution in [0.5, 0.6) is 0 Å². The van der Waals surface area contributed by atoms with Gasteiger partial charge in [0.2, 0.25) is 17.7 Å². The van der Waals surface area contributed by atoms with Crippen molar-refractivity contribution >= 4 is 35.2 Å². The van der Waals surface area contributed by atoms with Crippen LogP contribution in [-0.2, 0) is 9.59 Å². The normalized spacial score (nSPS) is 26.9. The fraction of sp³-hybridized carbons (Fsp3) is 0.400. The first-order valence-corrected chi connectivity index (χ1v) is 8.06. The Morgan fingerprint density at radius 3 is 2.68 bits per heavy atom. The van der Waals surface area contributed by atoms with Crippen LogP contribution >= 0.6 is 11.8 Å². The zero-order valence-electron chi connectivity index (χ0n) is 12.2. The molecule has 7 heteroatoms. The molecule has 2 saturated heterocycles. The predicted molar refractivity (Wildman–Crippen MR) is 84.3 cm³/mol. The smallest absolute Gasteiger partial charge is 0.248 e. The lowest BCUT2D eigenvalue weighted by molar-refractivity contribution is -0.135. The lowest BCUT2D eigenvalue weighted by atomic mass is 10.2. The topological polar surface area (TPSA) is 92.5 Å². The molecule has 2 aliphatic rings. The van der Waals surface area contributed by atoms with Gasteiger partial charge in [-0.15, -0.1) is 11.8 Å². The van der Waals surface area contributed by atoms with Gasteiger partial charge in [0.25, 0.3) is 0 Å². The molecule has 116 valence electrons. The number of amides is 3. The van der Waals surface area contributed by atoms with E-state index in [0.29, 0.717) is 23.4 Å². The molecule has 0 radical (unpaired) electrons. The van der Waals surface area contributed by atoms with Crippen LogP contribution in [0.2, 0.25) is 0 Å². The van der Waals surface area contributed by atoms with E-state index in [0.717, 1.165) is 6.42 Å². The number of hydrogen-bond acceptors (Lipinski definition) is 4. The number of carbonyl (C=O) groups excluding carboxylic acids is 3. The van der Waals surface area contributed by atoms with Gasteiger partial charge in [-0.3, -0.25) is 14.4 Å². The molecule has 0 saturated carbocycles. The van der Waals surface area contributed by atoms with Crippen LogP contribution in [0.25, 0.3) is 0 Å². The minimum absolute atomic E-state index is 0.0386. The Kier molecular flexibility index (Phi) is 3.60. The van der Waals surface area contributed by atoms with Gasteiger partial charge in [0.05, 0.1) is 4.87 Å². The lowest BCUT2D eigenvalue weighted by Gasteiger charge is -2.29. The van der Waals surface area contributed by atoms with Gasteiger partial charge >= 0.3 is 0 Å². The minimum atomic E-state index is -0.511. The third-order valence-corrected chi connectivity index (χ3v) is 5.69. The quantitative estimate of drug-likeness (QED) is 0.875. The molecule has 1 aromatic rings. The zero-order valence-corrected chi connectivity index (χ0v) is 13.0. The Hall–Kier alpha value is -2.02. The van der Waals surface area contributed by atoms with Crippen molar-refractivity contribution in [3.63, 3.8) is 0 Å². The van der Waals surface area contributed by atoms with Crippen LogP contribution in [0, 0.1) is 0 Å². The Balaban J connectivity index is 1.72. The maximum Gasteiger partial charge on any atom is 0.248 e. The molecular formula is C15H17N3O3S. The number of thioether (sulfide) groups is 1. The van der Waals surface area contributed by atoms with Gasteiger partial charge in [-0.25, -0.2) is 0 Å². The van der Waals surface area contributed by atoms with Crippen LogP contribution in [-0.4, -0.2) is 39.3 Å². The molecule has 0 bridgehead atoms. The van der Waals surface area contributed by atoms with Crippen LogP contribution in [0.3, 0.4) is 0 Å². The van der Waals surface area contributed by atoms with Gasteiger partial charge in [-0.1, -0.05) is 0 Å². The molecule has 1 aromatic carbocycles. The number of fused-ring (bicyclic) bond motifs is 1. The van der Waals surface area contributed by atoms with Crippen LogP contribution < -0.4 is 11.1 Å². The molecule has 3 N–H and O–H groups in total. The van der Waals surface area contributed by atoms with Crippen LogP contribution in [0.15, 0.2) is 24.3 Å². The summed E-state index contributed by atoms with van der Waals surface area (Å²) in [5.41, 5.74) is 6.15. The number of nitrogens with zero attached hydrogens (tertiary/aromatic N) is 1. The molecule has 2 heterocycles. The highest BCUT2D eigenvalue weighted by molar-refractivity contribution is 8.01. The molecule has 22 heavy (non-hydrogen) atoms. The molecule has 3 amide bonds. The number of carbonyl (C=O) groups is 3. The van der Waals surface area contributed by atoms with E-state index < -0.39 is 11.9 Å². The van der Waals surface area contributed by atoms with Crippen molar-refractivity contribution in [2.24, 2.45) is 5.73 Å².